The zero-order valence-electron chi connectivity index (χ0n) is 13.0. The Morgan fingerprint density at radius 1 is 1.45 bits per heavy atom. The van der Waals surface area contributed by atoms with E-state index in [1.54, 1.807) is 4.90 Å². The number of aromatic amines is 1. The fourth-order valence-corrected chi connectivity index (χ4v) is 3.06. The minimum atomic E-state index is -0.275. The molecule has 2 aliphatic rings. The van der Waals surface area contributed by atoms with Crippen molar-refractivity contribution in [3.05, 3.63) is 22.1 Å². The molecule has 7 heteroatoms. The lowest BCUT2D eigenvalue weighted by atomic mass is 10.0. The van der Waals surface area contributed by atoms with Gasteiger partial charge in [0.25, 0.3) is 11.5 Å². The Balaban J connectivity index is 1.72. The van der Waals surface area contributed by atoms with Gasteiger partial charge in [-0.25, -0.2) is 4.98 Å². The van der Waals surface area contributed by atoms with E-state index in [0.29, 0.717) is 25.6 Å². The molecule has 0 radical (unpaired) electrons. The lowest BCUT2D eigenvalue weighted by Crippen LogP contribution is -2.37. The van der Waals surface area contributed by atoms with Gasteiger partial charge in [0, 0.05) is 45.8 Å². The van der Waals surface area contributed by atoms with Gasteiger partial charge in [-0.3, -0.25) is 14.6 Å². The molecule has 120 valence electrons. The van der Waals surface area contributed by atoms with Crippen molar-refractivity contribution in [2.45, 2.75) is 31.3 Å². The van der Waals surface area contributed by atoms with Crippen LogP contribution in [0.4, 0.5) is 5.95 Å². The molecule has 2 fully saturated rings. The molecule has 0 bridgehead atoms. The van der Waals surface area contributed by atoms with Crippen LogP contribution in [0, 0.1) is 0 Å². The van der Waals surface area contributed by atoms with Gasteiger partial charge in [0.2, 0.25) is 5.95 Å². The zero-order chi connectivity index (χ0) is 15.7. The van der Waals surface area contributed by atoms with Crippen molar-refractivity contribution in [2.75, 3.05) is 38.7 Å². The summed E-state index contributed by atoms with van der Waals surface area (Å²) in [7, 11) is 3.67. The number of nitrogens with zero attached hydrogens (tertiary/aromatic N) is 3. The predicted octanol–water partition coefficient (Wildman–Crippen LogP) is 0.331. The van der Waals surface area contributed by atoms with Crippen molar-refractivity contribution in [1.29, 1.82) is 0 Å². The molecule has 1 aromatic rings. The van der Waals surface area contributed by atoms with Crippen LogP contribution in [0.1, 0.15) is 30.9 Å². The van der Waals surface area contributed by atoms with E-state index in [2.05, 4.69) is 9.97 Å². The Morgan fingerprint density at radius 3 is 2.95 bits per heavy atom. The molecule has 22 heavy (non-hydrogen) atoms. The number of hydrogen-bond donors (Lipinski definition) is 1. The molecule has 1 amide bonds. The third kappa shape index (κ3) is 2.99. The SMILES string of the molecule is CN(C)c1nc([C@@H]2CCN(C(=O)[C@H]3CCCO3)C2)cc(=O)[nH]1. The molecule has 0 aliphatic carbocycles. The van der Waals surface area contributed by atoms with E-state index in [1.165, 1.54) is 6.07 Å². The Bertz CT molecular complexity index is 607. The van der Waals surface area contributed by atoms with Gasteiger partial charge in [-0.2, -0.15) is 0 Å². The molecule has 3 rings (SSSR count). The van der Waals surface area contributed by atoms with E-state index < -0.39 is 0 Å². The quantitative estimate of drug-likeness (QED) is 0.871. The van der Waals surface area contributed by atoms with Gasteiger partial charge in [0.15, 0.2) is 0 Å². The van der Waals surface area contributed by atoms with Crippen LogP contribution in [-0.4, -0.2) is 60.7 Å². The van der Waals surface area contributed by atoms with Gasteiger partial charge >= 0.3 is 0 Å². The first-order valence-corrected chi connectivity index (χ1v) is 7.73. The maximum Gasteiger partial charge on any atom is 0.252 e. The summed E-state index contributed by atoms with van der Waals surface area (Å²) >= 11 is 0. The highest BCUT2D eigenvalue weighted by molar-refractivity contribution is 5.81. The number of carbonyl (C=O) groups is 1. The highest BCUT2D eigenvalue weighted by Gasteiger charge is 2.34. The summed E-state index contributed by atoms with van der Waals surface area (Å²) in [6.07, 6.45) is 2.33. The first-order valence-electron chi connectivity index (χ1n) is 7.73. The van der Waals surface area contributed by atoms with Crippen LogP contribution in [0.25, 0.3) is 0 Å². The summed E-state index contributed by atoms with van der Waals surface area (Å²) in [5, 5.41) is 0. The van der Waals surface area contributed by atoms with E-state index >= 15 is 0 Å². The number of ether oxygens (including phenoxy) is 1. The minimum absolute atomic E-state index is 0.0812. The topological polar surface area (TPSA) is 78.5 Å². The fourth-order valence-electron chi connectivity index (χ4n) is 3.06. The van der Waals surface area contributed by atoms with Crippen molar-refractivity contribution >= 4 is 11.9 Å². The third-order valence-electron chi connectivity index (χ3n) is 4.30. The van der Waals surface area contributed by atoms with E-state index in [1.807, 2.05) is 19.0 Å². The normalized spacial score (nSPS) is 24.7. The monoisotopic (exact) mass is 306 g/mol. The molecular formula is C15H22N4O3. The summed E-state index contributed by atoms with van der Waals surface area (Å²) in [6.45, 7) is 1.99. The van der Waals surface area contributed by atoms with Gasteiger partial charge in [-0.05, 0) is 19.3 Å². The molecular weight excluding hydrogens is 284 g/mol. The second-order valence-corrected chi connectivity index (χ2v) is 6.16. The zero-order valence-corrected chi connectivity index (χ0v) is 13.0. The van der Waals surface area contributed by atoms with Gasteiger partial charge in [-0.15, -0.1) is 0 Å². The summed E-state index contributed by atoms with van der Waals surface area (Å²) in [6, 6.07) is 1.54. The lowest BCUT2D eigenvalue weighted by molar-refractivity contribution is -0.139. The molecule has 0 unspecified atom stereocenters. The Kier molecular flexibility index (Phi) is 4.15. The van der Waals surface area contributed by atoms with Crippen molar-refractivity contribution in [3.63, 3.8) is 0 Å². The number of likely N-dealkylation sites (tertiary alicyclic amines) is 1. The molecule has 1 N–H and O–H groups in total. The number of aromatic nitrogens is 2. The van der Waals surface area contributed by atoms with E-state index in [-0.39, 0.29) is 23.5 Å². The van der Waals surface area contributed by atoms with Crippen LogP contribution in [0.2, 0.25) is 0 Å². The highest BCUT2D eigenvalue weighted by atomic mass is 16.5. The van der Waals surface area contributed by atoms with Gasteiger partial charge in [0.1, 0.15) is 6.10 Å². The maximum atomic E-state index is 12.4. The predicted molar refractivity (Wildman–Crippen MR) is 82.1 cm³/mol. The second-order valence-electron chi connectivity index (χ2n) is 6.16. The van der Waals surface area contributed by atoms with Crippen LogP contribution in [0.5, 0.6) is 0 Å². The Hall–Kier alpha value is -1.89. The van der Waals surface area contributed by atoms with Crippen LogP contribution >= 0.6 is 0 Å². The van der Waals surface area contributed by atoms with Crippen LogP contribution in [0.3, 0.4) is 0 Å². The number of amides is 1. The summed E-state index contributed by atoms with van der Waals surface area (Å²) < 4.78 is 5.47. The first kappa shape index (κ1) is 15.0. The van der Waals surface area contributed by atoms with Crippen molar-refractivity contribution < 1.29 is 9.53 Å². The largest absolute Gasteiger partial charge is 0.368 e. The second kappa shape index (κ2) is 6.08. The smallest absolute Gasteiger partial charge is 0.252 e. The number of H-pyrrole nitrogens is 1. The van der Waals surface area contributed by atoms with Gasteiger partial charge in [0.05, 0.1) is 5.69 Å². The first-order chi connectivity index (χ1) is 10.5. The number of nitrogens with one attached hydrogen (secondary N) is 1. The Morgan fingerprint density at radius 2 is 2.27 bits per heavy atom. The van der Waals surface area contributed by atoms with Gasteiger partial charge < -0.3 is 14.5 Å². The van der Waals surface area contributed by atoms with Crippen molar-refractivity contribution in [1.82, 2.24) is 14.9 Å². The van der Waals surface area contributed by atoms with E-state index in [4.69, 9.17) is 4.74 Å². The summed E-state index contributed by atoms with van der Waals surface area (Å²) in [5.41, 5.74) is 0.604. The van der Waals surface area contributed by atoms with Gasteiger partial charge in [-0.1, -0.05) is 0 Å². The average molecular weight is 306 g/mol. The molecule has 2 atom stereocenters. The molecule has 1 aromatic heterocycles. The molecule has 0 saturated carbocycles. The minimum Gasteiger partial charge on any atom is -0.368 e. The maximum absolute atomic E-state index is 12.4. The third-order valence-corrected chi connectivity index (χ3v) is 4.30. The van der Waals surface area contributed by atoms with Crippen molar-refractivity contribution in [3.8, 4) is 0 Å². The highest BCUT2D eigenvalue weighted by Crippen LogP contribution is 2.27. The van der Waals surface area contributed by atoms with E-state index in [9.17, 15) is 9.59 Å². The number of hydrogen-bond acceptors (Lipinski definition) is 5. The van der Waals surface area contributed by atoms with Crippen LogP contribution in [0.15, 0.2) is 10.9 Å². The molecule has 2 aliphatic heterocycles. The van der Waals surface area contributed by atoms with Crippen LogP contribution in [-0.2, 0) is 9.53 Å². The Labute approximate surface area is 129 Å². The molecule has 0 aromatic carbocycles. The molecule has 2 saturated heterocycles. The number of carbonyl (C=O) groups excluding carboxylic acids is 1. The number of rotatable bonds is 3. The van der Waals surface area contributed by atoms with E-state index in [0.717, 1.165) is 25.0 Å². The molecule has 3 heterocycles. The lowest BCUT2D eigenvalue weighted by Gasteiger charge is -2.20. The number of anilines is 1. The molecule has 7 nitrogen and oxygen atoms in total. The average Bonchev–Trinajstić information content (AvgIpc) is 3.17. The molecule has 0 spiro atoms. The standard InChI is InChI=1S/C15H22N4O3/c1-18(2)15-16-11(8-13(20)17-15)10-5-6-19(9-10)14(21)12-4-3-7-22-12/h8,10,12H,3-7,9H2,1-2H3,(H,16,17,20)/t10-,12-/m1/s1. The van der Waals surface area contributed by atoms with Crippen molar-refractivity contribution in [2.24, 2.45) is 0 Å². The fraction of sp³-hybridized carbons (Fsp3) is 0.667. The van der Waals surface area contributed by atoms with Crippen LogP contribution < -0.4 is 10.5 Å². The summed E-state index contributed by atoms with van der Waals surface area (Å²) in [5.74, 6) is 0.746. The summed E-state index contributed by atoms with van der Waals surface area (Å²) in [4.78, 5) is 35.0.